The molecule has 1 aliphatic rings. The first-order valence-electron chi connectivity index (χ1n) is 5.64. The van der Waals surface area contributed by atoms with Crippen molar-refractivity contribution in [3.63, 3.8) is 0 Å². The van der Waals surface area contributed by atoms with E-state index < -0.39 is 0 Å². The third-order valence-electron chi connectivity index (χ3n) is 3.24. The topological polar surface area (TPSA) is 9.23 Å². The lowest BCUT2D eigenvalue weighted by atomic mass is 9.84. The maximum Gasteiger partial charge on any atom is 0.122 e. The first-order chi connectivity index (χ1) is 7.31. The first kappa shape index (κ1) is 10.8. The molecule has 0 heterocycles. The first-order valence-corrected chi connectivity index (χ1v) is 6.02. The summed E-state index contributed by atoms with van der Waals surface area (Å²) in [5, 5.41) is 0.816. The molecule has 1 aliphatic carbocycles. The van der Waals surface area contributed by atoms with Gasteiger partial charge in [-0.3, -0.25) is 0 Å². The van der Waals surface area contributed by atoms with E-state index >= 15 is 0 Å². The second-order valence-corrected chi connectivity index (χ2v) is 4.66. The van der Waals surface area contributed by atoms with Gasteiger partial charge in [0.05, 0.1) is 7.11 Å². The molecule has 0 aliphatic heterocycles. The molecule has 1 nitrogen and oxygen atoms in total. The molecule has 0 bridgehead atoms. The molecule has 2 heteroatoms. The van der Waals surface area contributed by atoms with Crippen molar-refractivity contribution < 1.29 is 4.74 Å². The van der Waals surface area contributed by atoms with Crippen LogP contribution in [0.4, 0.5) is 0 Å². The van der Waals surface area contributed by atoms with E-state index in [0.29, 0.717) is 5.92 Å². The second-order valence-electron chi connectivity index (χ2n) is 4.22. The molecule has 1 fully saturated rings. The Morgan fingerprint density at radius 3 is 2.60 bits per heavy atom. The Labute approximate surface area is 96.4 Å². The summed E-state index contributed by atoms with van der Waals surface area (Å²) in [5.74, 6) is 1.64. The van der Waals surface area contributed by atoms with Gasteiger partial charge >= 0.3 is 0 Å². The number of hydrogen-bond donors (Lipinski definition) is 0. The van der Waals surface area contributed by atoms with Gasteiger partial charge in [-0.15, -0.1) is 0 Å². The normalized spacial score (nSPS) is 17.7. The largest absolute Gasteiger partial charge is 0.496 e. The molecule has 0 N–H and O–H groups in total. The van der Waals surface area contributed by atoms with Crippen LogP contribution < -0.4 is 4.74 Å². The van der Waals surface area contributed by atoms with Crippen LogP contribution in [0.25, 0.3) is 0 Å². The van der Waals surface area contributed by atoms with Crippen LogP contribution in [0.2, 0.25) is 5.02 Å². The summed E-state index contributed by atoms with van der Waals surface area (Å²) in [6.45, 7) is 0. The molecule has 1 saturated carbocycles. The summed E-state index contributed by atoms with van der Waals surface area (Å²) in [7, 11) is 1.73. The summed E-state index contributed by atoms with van der Waals surface area (Å²) in [4.78, 5) is 0. The van der Waals surface area contributed by atoms with E-state index in [2.05, 4.69) is 6.07 Å². The Bertz CT molecular complexity index is 329. The van der Waals surface area contributed by atoms with Crippen LogP contribution in [0.1, 0.15) is 43.6 Å². The minimum Gasteiger partial charge on any atom is -0.496 e. The van der Waals surface area contributed by atoms with E-state index in [0.717, 1.165) is 10.8 Å². The number of benzene rings is 1. The van der Waals surface area contributed by atoms with Gasteiger partial charge in [0.1, 0.15) is 5.75 Å². The zero-order chi connectivity index (χ0) is 10.7. The lowest BCUT2D eigenvalue weighted by molar-refractivity contribution is 0.387. The molecule has 1 aromatic rings. The van der Waals surface area contributed by atoms with Gasteiger partial charge in [-0.25, -0.2) is 0 Å². The highest BCUT2D eigenvalue weighted by molar-refractivity contribution is 6.30. The van der Waals surface area contributed by atoms with E-state index in [9.17, 15) is 0 Å². The zero-order valence-electron chi connectivity index (χ0n) is 9.13. The SMILES string of the molecule is COc1ccc(Cl)cc1C1CCCCC1. The Morgan fingerprint density at radius 2 is 1.93 bits per heavy atom. The van der Waals surface area contributed by atoms with E-state index in [1.165, 1.54) is 37.7 Å². The smallest absolute Gasteiger partial charge is 0.122 e. The molecule has 0 spiro atoms. The van der Waals surface area contributed by atoms with Crippen molar-refractivity contribution >= 4 is 11.6 Å². The van der Waals surface area contributed by atoms with Crippen molar-refractivity contribution in [2.75, 3.05) is 7.11 Å². The van der Waals surface area contributed by atoms with E-state index in [4.69, 9.17) is 16.3 Å². The van der Waals surface area contributed by atoms with Crippen LogP contribution in [0, 0.1) is 0 Å². The summed E-state index contributed by atoms with van der Waals surface area (Å²) < 4.78 is 5.39. The van der Waals surface area contributed by atoms with Crippen LogP contribution in [0.3, 0.4) is 0 Å². The van der Waals surface area contributed by atoms with Gasteiger partial charge < -0.3 is 4.74 Å². The molecule has 0 aromatic heterocycles. The Morgan fingerprint density at radius 1 is 1.20 bits per heavy atom. The van der Waals surface area contributed by atoms with Crippen molar-refractivity contribution in [1.82, 2.24) is 0 Å². The molecule has 1 aromatic carbocycles. The fourth-order valence-corrected chi connectivity index (χ4v) is 2.62. The fourth-order valence-electron chi connectivity index (χ4n) is 2.44. The van der Waals surface area contributed by atoms with Gasteiger partial charge in [-0.2, -0.15) is 0 Å². The zero-order valence-corrected chi connectivity index (χ0v) is 9.89. The molecule has 2 rings (SSSR count). The van der Waals surface area contributed by atoms with Gasteiger partial charge in [0.2, 0.25) is 0 Å². The third kappa shape index (κ3) is 2.46. The number of methoxy groups -OCH3 is 1. The maximum absolute atomic E-state index is 6.04. The highest BCUT2D eigenvalue weighted by atomic mass is 35.5. The second kappa shape index (κ2) is 4.89. The van der Waals surface area contributed by atoms with E-state index in [1.54, 1.807) is 7.11 Å². The molecule has 0 saturated heterocycles. The highest BCUT2D eigenvalue weighted by Gasteiger charge is 2.19. The quantitative estimate of drug-likeness (QED) is 0.724. The Kier molecular flexibility index (Phi) is 3.53. The van der Waals surface area contributed by atoms with Gasteiger partial charge in [0.15, 0.2) is 0 Å². The number of rotatable bonds is 2. The van der Waals surface area contributed by atoms with Gasteiger partial charge in [-0.1, -0.05) is 30.9 Å². The van der Waals surface area contributed by atoms with Crippen molar-refractivity contribution in [3.05, 3.63) is 28.8 Å². The minimum atomic E-state index is 0.646. The maximum atomic E-state index is 6.04. The van der Waals surface area contributed by atoms with Crippen molar-refractivity contribution in [2.45, 2.75) is 38.0 Å². The van der Waals surface area contributed by atoms with Gasteiger partial charge in [0.25, 0.3) is 0 Å². The average Bonchev–Trinajstić information content (AvgIpc) is 2.30. The van der Waals surface area contributed by atoms with Gasteiger partial charge in [-0.05, 0) is 42.5 Å². The molecule has 82 valence electrons. The van der Waals surface area contributed by atoms with Crippen molar-refractivity contribution in [3.8, 4) is 5.75 Å². The van der Waals surface area contributed by atoms with E-state index in [1.807, 2.05) is 12.1 Å². The number of halogens is 1. The molecule has 15 heavy (non-hydrogen) atoms. The lowest BCUT2D eigenvalue weighted by Crippen LogP contribution is -2.06. The number of hydrogen-bond acceptors (Lipinski definition) is 1. The highest BCUT2D eigenvalue weighted by Crippen LogP contribution is 2.38. The lowest BCUT2D eigenvalue weighted by Gasteiger charge is -2.23. The molecular formula is C13H17ClO. The summed E-state index contributed by atoms with van der Waals surface area (Å²) in [6.07, 6.45) is 6.59. The molecular weight excluding hydrogens is 208 g/mol. The van der Waals surface area contributed by atoms with Crippen LogP contribution in [-0.4, -0.2) is 7.11 Å². The fraction of sp³-hybridized carbons (Fsp3) is 0.538. The monoisotopic (exact) mass is 224 g/mol. The van der Waals surface area contributed by atoms with Crippen LogP contribution in [0.15, 0.2) is 18.2 Å². The van der Waals surface area contributed by atoms with E-state index in [-0.39, 0.29) is 0 Å². The molecule has 0 atom stereocenters. The molecule has 0 unspecified atom stereocenters. The Hall–Kier alpha value is -0.690. The van der Waals surface area contributed by atoms with Crippen LogP contribution in [-0.2, 0) is 0 Å². The van der Waals surface area contributed by atoms with Crippen molar-refractivity contribution in [1.29, 1.82) is 0 Å². The average molecular weight is 225 g/mol. The van der Waals surface area contributed by atoms with Crippen LogP contribution >= 0.6 is 11.6 Å². The summed E-state index contributed by atoms with van der Waals surface area (Å²) in [6, 6.07) is 5.94. The summed E-state index contributed by atoms with van der Waals surface area (Å²) in [5.41, 5.74) is 1.30. The van der Waals surface area contributed by atoms with Crippen LogP contribution in [0.5, 0.6) is 5.75 Å². The molecule has 0 amide bonds. The standard InChI is InChI=1S/C13H17ClO/c1-15-13-8-7-11(14)9-12(13)10-5-3-2-4-6-10/h7-10H,2-6H2,1H3. The predicted octanol–water partition coefficient (Wildman–Crippen LogP) is 4.40. The summed E-state index contributed by atoms with van der Waals surface area (Å²) >= 11 is 6.04. The van der Waals surface area contributed by atoms with Crippen molar-refractivity contribution in [2.24, 2.45) is 0 Å². The third-order valence-corrected chi connectivity index (χ3v) is 3.47. The number of ether oxygens (including phenoxy) is 1. The minimum absolute atomic E-state index is 0.646. The predicted molar refractivity (Wildman–Crippen MR) is 63.8 cm³/mol. The Balaban J connectivity index is 2.27. The van der Waals surface area contributed by atoms with Gasteiger partial charge in [0, 0.05) is 5.02 Å². The molecule has 0 radical (unpaired) electrons.